The Hall–Kier alpha value is -1.25. The van der Waals surface area contributed by atoms with Crippen LogP contribution in [0.1, 0.15) is 42.5 Å². The predicted octanol–water partition coefficient (Wildman–Crippen LogP) is 2.33. The summed E-state index contributed by atoms with van der Waals surface area (Å²) in [6, 6.07) is 1.99. The minimum absolute atomic E-state index is 0.211. The number of fused-ring (bicyclic) bond motifs is 1. The molecule has 16 heavy (non-hydrogen) atoms. The number of aromatic nitrogens is 1. The highest BCUT2D eigenvalue weighted by Crippen LogP contribution is 2.37. The molecule has 0 bridgehead atoms. The molecule has 0 saturated carbocycles. The molecule has 1 aromatic heterocycles. The second-order valence-electron chi connectivity index (χ2n) is 5.30. The molecule has 0 atom stereocenters. The van der Waals surface area contributed by atoms with Gasteiger partial charge in [0.1, 0.15) is 5.69 Å². The maximum atomic E-state index is 11.7. The molecule has 0 unspecified atom stereocenters. The van der Waals surface area contributed by atoms with Crippen molar-refractivity contribution < 1.29 is 9.53 Å². The highest BCUT2D eigenvalue weighted by atomic mass is 16.5. The van der Waals surface area contributed by atoms with Crippen molar-refractivity contribution in [3.63, 3.8) is 0 Å². The Labute approximate surface area is 96.4 Å². The molecule has 1 aliphatic rings. The van der Waals surface area contributed by atoms with Crippen molar-refractivity contribution in [3.05, 3.63) is 23.0 Å². The SMILES string of the molecule is CCOC(=O)c1cc2c(n1C)CC(C)(C)C2. The van der Waals surface area contributed by atoms with Gasteiger partial charge >= 0.3 is 5.97 Å². The number of ether oxygens (including phenoxy) is 1. The number of rotatable bonds is 2. The van der Waals surface area contributed by atoms with Crippen LogP contribution in [0.4, 0.5) is 0 Å². The van der Waals surface area contributed by atoms with E-state index in [1.807, 2.05) is 24.6 Å². The van der Waals surface area contributed by atoms with E-state index in [1.54, 1.807) is 0 Å². The predicted molar refractivity (Wildman–Crippen MR) is 62.6 cm³/mol. The molecule has 1 aromatic rings. The molecular weight excluding hydrogens is 202 g/mol. The number of carbonyl (C=O) groups is 1. The van der Waals surface area contributed by atoms with Crippen molar-refractivity contribution in [2.24, 2.45) is 12.5 Å². The third-order valence-corrected chi connectivity index (χ3v) is 3.25. The van der Waals surface area contributed by atoms with Crippen LogP contribution in [0, 0.1) is 5.41 Å². The lowest BCUT2D eigenvalue weighted by Gasteiger charge is -2.16. The Bertz CT molecular complexity index is 429. The standard InChI is InChI=1S/C13H19NO2/c1-5-16-12(15)10-6-9-7-13(2,3)8-11(9)14(10)4/h6H,5,7-8H2,1-4H3. The second kappa shape index (κ2) is 3.65. The fourth-order valence-electron chi connectivity index (χ4n) is 2.52. The van der Waals surface area contributed by atoms with Gasteiger partial charge in [-0.25, -0.2) is 4.79 Å². The zero-order valence-corrected chi connectivity index (χ0v) is 10.5. The lowest BCUT2D eigenvalue weighted by Crippen LogP contribution is -2.15. The van der Waals surface area contributed by atoms with Crippen LogP contribution in [0.15, 0.2) is 6.07 Å². The molecule has 0 amide bonds. The third-order valence-electron chi connectivity index (χ3n) is 3.25. The molecule has 0 aromatic carbocycles. The smallest absolute Gasteiger partial charge is 0.354 e. The van der Waals surface area contributed by atoms with Gasteiger partial charge in [0, 0.05) is 12.7 Å². The van der Waals surface area contributed by atoms with Crippen molar-refractivity contribution in [1.82, 2.24) is 4.57 Å². The first-order valence-electron chi connectivity index (χ1n) is 5.79. The summed E-state index contributed by atoms with van der Waals surface area (Å²) in [5.74, 6) is -0.211. The van der Waals surface area contributed by atoms with Crippen LogP contribution in [0.2, 0.25) is 0 Å². The van der Waals surface area contributed by atoms with Crippen LogP contribution in [-0.2, 0) is 24.6 Å². The van der Waals surface area contributed by atoms with Gasteiger partial charge in [-0.3, -0.25) is 0 Å². The van der Waals surface area contributed by atoms with Gasteiger partial charge < -0.3 is 9.30 Å². The number of nitrogens with zero attached hydrogens (tertiary/aromatic N) is 1. The van der Waals surface area contributed by atoms with Gasteiger partial charge in [-0.2, -0.15) is 0 Å². The first kappa shape index (κ1) is 11.2. The number of carbonyl (C=O) groups excluding carboxylic acids is 1. The summed E-state index contributed by atoms with van der Waals surface area (Å²) in [5.41, 5.74) is 3.60. The third kappa shape index (κ3) is 1.75. The number of hydrogen-bond acceptors (Lipinski definition) is 2. The van der Waals surface area contributed by atoms with Crippen LogP contribution >= 0.6 is 0 Å². The van der Waals surface area contributed by atoms with E-state index in [0.717, 1.165) is 12.8 Å². The van der Waals surface area contributed by atoms with E-state index < -0.39 is 0 Å². The molecule has 0 N–H and O–H groups in total. The fourth-order valence-corrected chi connectivity index (χ4v) is 2.52. The Morgan fingerprint density at radius 2 is 2.19 bits per heavy atom. The van der Waals surface area contributed by atoms with Crippen LogP contribution in [0.3, 0.4) is 0 Å². The first-order valence-corrected chi connectivity index (χ1v) is 5.79. The Morgan fingerprint density at radius 3 is 2.75 bits per heavy atom. The molecule has 88 valence electrons. The van der Waals surface area contributed by atoms with Gasteiger partial charge in [-0.15, -0.1) is 0 Å². The summed E-state index contributed by atoms with van der Waals surface area (Å²) < 4.78 is 7.03. The molecule has 0 spiro atoms. The second-order valence-corrected chi connectivity index (χ2v) is 5.30. The minimum Gasteiger partial charge on any atom is -0.461 e. The molecule has 0 saturated heterocycles. The van der Waals surface area contributed by atoms with E-state index >= 15 is 0 Å². The van der Waals surface area contributed by atoms with Crippen LogP contribution in [0.5, 0.6) is 0 Å². The van der Waals surface area contributed by atoms with E-state index in [-0.39, 0.29) is 5.97 Å². The summed E-state index contributed by atoms with van der Waals surface area (Å²) in [6.45, 7) is 6.78. The van der Waals surface area contributed by atoms with Crippen LogP contribution in [0.25, 0.3) is 0 Å². The summed E-state index contributed by atoms with van der Waals surface area (Å²) in [4.78, 5) is 11.7. The van der Waals surface area contributed by atoms with Crippen molar-refractivity contribution in [1.29, 1.82) is 0 Å². The largest absolute Gasteiger partial charge is 0.461 e. The van der Waals surface area contributed by atoms with Crippen LogP contribution in [-0.4, -0.2) is 17.1 Å². The summed E-state index contributed by atoms with van der Waals surface area (Å²) >= 11 is 0. The molecule has 0 aliphatic heterocycles. The maximum Gasteiger partial charge on any atom is 0.354 e. The van der Waals surface area contributed by atoms with E-state index in [0.29, 0.717) is 17.7 Å². The Morgan fingerprint density at radius 1 is 1.50 bits per heavy atom. The molecule has 3 nitrogen and oxygen atoms in total. The van der Waals surface area contributed by atoms with E-state index in [4.69, 9.17) is 4.74 Å². The molecular formula is C13H19NO2. The van der Waals surface area contributed by atoms with Crippen molar-refractivity contribution >= 4 is 5.97 Å². The molecule has 1 heterocycles. The van der Waals surface area contributed by atoms with Crippen LogP contribution < -0.4 is 0 Å². The molecule has 1 aliphatic carbocycles. The molecule has 0 radical (unpaired) electrons. The summed E-state index contributed by atoms with van der Waals surface area (Å²) in [5, 5.41) is 0. The quantitative estimate of drug-likeness (QED) is 0.718. The lowest BCUT2D eigenvalue weighted by molar-refractivity contribution is 0.0514. The van der Waals surface area contributed by atoms with Gasteiger partial charge in [0.2, 0.25) is 0 Å². The average molecular weight is 221 g/mol. The van der Waals surface area contributed by atoms with E-state index in [1.165, 1.54) is 11.3 Å². The number of hydrogen-bond donors (Lipinski definition) is 0. The maximum absolute atomic E-state index is 11.7. The number of esters is 1. The van der Waals surface area contributed by atoms with Gasteiger partial charge in [-0.1, -0.05) is 13.8 Å². The first-order chi connectivity index (χ1) is 7.44. The zero-order chi connectivity index (χ0) is 11.9. The highest BCUT2D eigenvalue weighted by molar-refractivity contribution is 5.88. The minimum atomic E-state index is -0.211. The van der Waals surface area contributed by atoms with E-state index in [2.05, 4.69) is 13.8 Å². The molecule has 2 rings (SSSR count). The monoisotopic (exact) mass is 221 g/mol. The fraction of sp³-hybridized carbons (Fsp3) is 0.615. The molecule has 0 fully saturated rings. The Kier molecular flexibility index (Phi) is 2.56. The van der Waals surface area contributed by atoms with Gasteiger partial charge in [0.15, 0.2) is 0 Å². The van der Waals surface area contributed by atoms with Gasteiger partial charge in [0.25, 0.3) is 0 Å². The topological polar surface area (TPSA) is 31.2 Å². The normalized spacial score (nSPS) is 17.2. The van der Waals surface area contributed by atoms with Crippen molar-refractivity contribution in [3.8, 4) is 0 Å². The summed E-state index contributed by atoms with van der Waals surface area (Å²) in [7, 11) is 1.95. The van der Waals surface area contributed by atoms with Gasteiger partial charge in [0.05, 0.1) is 6.61 Å². The zero-order valence-electron chi connectivity index (χ0n) is 10.5. The van der Waals surface area contributed by atoms with Gasteiger partial charge in [-0.05, 0) is 36.8 Å². The average Bonchev–Trinajstić information content (AvgIpc) is 2.62. The van der Waals surface area contributed by atoms with E-state index in [9.17, 15) is 4.79 Å². The highest BCUT2D eigenvalue weighted by Gasteiger charge is 2.32. The summed E-state index contributed by atoms with van der Waals surface area (Å²) in [6.07, 6.45) is 2.09. The van der Waals surface area contributed by atoms with Crippen molar-refractivity contribution in [2.75, 3.05) is 6.61 Å². The Balaban J connectivity index is 2.31. The van der Waals surface area contributed by atoms with Crippen molar-refractivity contribution in [2.45, 2.75) is 33.6 Å². The lowest BCUT2D eigenvalue weighted by atomic mass is 9.90. The molecule has 3 heteroatoms.